The zero-order valence-electron chi connectivity index (χ0n) is 20.8. The van der Waals surface area contributed by atoms with Gasteiger partial charge in [0.25, 0.3) is 0 Å². The van der Waals surface area contributed by atoms with Gasteiger partial charge >= 0.3 is 5.81 Å². The summed E-state index contributed by atoms with van der Waals surface area (Å²) < 4.78 is 59.5. The molecule has 2 atom stereocenters. The third-order valence-electron chi connectivity index (χ3n) is 6.74. The van der Waals surface area contributed by atoms with Crippen molar-refractivity contribution in [1.29, 1.82) is 0 Å². The third-order valence-corrected chi connectivity index (χ3v) is 11.9. The quantitative estimate of drug-likeness (QED) is 0.257. The summed E-state index contributed by atoms with van der Waals surface area (Å²) in [6, 6.07) is 29.8. The van der Waals surface area contributed by atoms with Gasteiger partial charge in [0.05, 0.1) is 21.9 Å². The van der Waals surface area contributed by atoms with E-state index < -0.39 is 37.9 Å². The lowest BCUT2D eigenvalue weighted by molar-refractivity contribution is 0.377. The number of aryl methyl sites for hydroxylation is 2. The number of halogens is 1. The molecule has 1 heterocycles. The second-order valence-electron chi connectivity index (χ2n) is 9.32. The highest BCUT2D eigenvalue weighted by atomic mass is 79.9. The summed E-state index contributed by atoms with van der Waals surface area (Å²) >= 11 is 3.54. The van der Waals surface area contributed by atoms with Crippen molar-refractivity contribution in [3.8, 4) is 0 Å². The van der Waals surface area contributed by atoms with Gasteiger partial charge in [0.2, 0.25) is 20.0 Å². The Morgan fingerprint density at radius 2 is 0.868 bits per heavy atom. The van der Waals surface area contributed by atoms with Crippen molar-refractivity contribution in [2.24, 2.45) is 0 Å². The Balaban J connectivity index is 1.77. The highest BCUT2D eigenvalue weighted by Crippen LogP contribution is 2.51. The molecule has 1 saturated heterocycles. The predicted octanol–water partition coefficient (Wildman–Crippen LogP) is 5.86. The van der Waals surface area contributed by atoms with E-state index in [0.29, 0.717) is 11.1 Å². The zero-order chi connectivity index (χ0) is 27.1. The summed E-state index contributed by atoms with van der Waals surface area (Å²) in [5, 5.41) is 0. The SMILES string of the molecule is Cc1ccc(S(=O)(=O)N2B(Br)N(S(=O)(=O)c3ccc(C)cc3)C(c3ccccc3)C2c2ccccc2)cc1. The summed E-state index contributed by atoms with van der Waals surface area (Å²) in [6.07, 6.45) is 0. The van der Waals surface area contributed by atoms with Crippen LogP contribution >= 0.6 is 15.8 Å². The molecule has 1 aliphatic heterocycles. The number of nitrogens with zero attached hydrogens (tertiary/aromatic N) is 2. The van der Waals surface area contributed by atoms with Gasteiger partial charge in [-0.2, -0.15) is 8.43 Å². The molecule has 10 heteroatoms. The molecule has 194 valence electrons. The van der Waals surface area contributed by atoms with Crippen LogP contribution < -0.4 is 0 Å². The average Bonchev–Trinajstić information content (AvgIpc) is 3.24. The van der Waals surface area contributed by atoms with Gasteiger partial charge in [0.1, 0.15) is 0 Å². The number of hydrogen-bond donors (Lipinski definition) is 0. The van der Waals surface area contributed by atoms with Crippen molar-refractivity contribution >= 4 is 41.6 Å². The molecule has 4 aromatic carbocycles. The van der Waals surface area contributed by atoms with E-state index in [1.165, 1.54) is 8.43 Å². The van der Waals surface area contributed by atoms with Gasteiger partial charge in [-0.1, -0.05) is 96.1 Å². The molecule has 0 aromatic heterocycles. The second kappa shape index (κ2) is 10.4. The molecular weight excluding hydrogens is 583 g/mol. The van der Waals surface area contributed by atoms with Crippen LogP contribution in [0.1, 0.15) is 34.3 Å². The summed E-state index contributed by atoms with van der Waals surface area (Å²) in [5.41, 5.74) is 3.21. The summed E-state index contributed by atoms with van der Waals surface area (Å²) in [6.45, 7) is 3.77. The van der Waals surface area contributed by atoms with Gasteiger partial charge in [-0.15, -0.1) is 15.8 Å². The van der Waals surface area contributed by atoms with Crippen molar-refractivity contribution in [2.75, 3.05) is 0 Å². The van der Waals surface area contributed by atoms with E-state index in [1.54, 1.807) is 48.5 Å². The van der Waals surface area contributed by atoms with Crippen LogP contribution in [0.25, 0.3) is 0 Å². The van der Waals surface area contributed by atoms with E-state index in [1.807, 2.05) is 74.5 Å². The van der Waals surface area contributed by atoms with Gasteiger partial charge in [-0.25, -0.2) is 16.8 Å². The minimum absolute atomic E-state index is 0.0925. The lowest BCUT2D eigenvalue weighted by Crippen LogP contribution is -2.45. The molecule has 6 nitrogen and oxygen atoms in total. The van der Waals surface area contributed by atoms with Crippen LogP contribution in [0, 0.1) is 13.8 Å². The van der Waals surface area contributed by atoms with Crippen molar-refractivity contribution in [3.05, 3.63) is 131 Å². The minimum atomic E-state index is -4.14. The third kappa shape index (κ3) is 4.76. The van der Waals surface area contributed by atoms with Gasteiger partial charge in [-0.3, -0.25) is 0 Å². The minimum Gasteiger partial charge on any atom is -0.208 e. The van der Waals surface area contributed by atoms with Crippen LogP contribution in [-0.4, -0.2) is 31.1 Å². The molecule has 0 N–H and O–H groups in total. The van der Waals surface area contributed by atoms with Crippen LogP contribution in [0.2, 0.25) is 0 Å². The lowest BCUT2D eigenvalue weighted by atomic mass is 9.95. The molecule has 4 aromatic rings. The Morgan fingerprint density at radius 3 is 1.18 bits per heavy atom. The maximum Gasteiger partial charge on any atom is 0.420 e. The van der Waals surface area contributed by atoms with E-state index in [4.69, 9.17) is 0 Å². The highest BCUT2D eigenvalue weighted by Gasteiger charge is 2.59. The molecule has 2 unspecified atom stereocenters. The molecule has 0 radical (unpaired) electrons. The summed E-state index contributed by atoms with van der Waals surface area (Å²) in [4.78, 5) is 0.185. The number of sulfonamides is 2. The molecule has 5 rings (SSSR count). The summed E-state index contributed by atoms with van der Waals surface area (Å²) in [7, 11) is -8.29. The highest BCUT2D eigenvalue weighted by molar-refractivity contribution is 9.24. The van der Waals surface area contributed by atoms with E-state index in [2.05, 4.69) is 15.8 Å². The maximum atomic E-state index is 14.2. The first-order valence-electron chi connectivity index (χ1n) is 12.1. The van der Waals surface area contributed by atoms with Crippen molar-refractivity contribution < 1.29 is 16.8 Å². The molecule has 0 bridgehead atoms. The number of rotatable bonds is 6. The van der Waals surface area contributed by atoms with E-state index in [0.717, 1.165) is 11.1 Å². The average molecular weight is 609 g/mol. The molecular formula is C28H26BBrN2O4S2. The first-order valence-corrected chi connectivity index (χ1v) is 15.9. The van der Waals surface area contributed by atoms with Crippen LogP contribution in [0.15, 0.2) is 119 Å². The van der Waals surface area contributed by atoms with Gasteiger partial charge < -0.3 is 0 Å². The van der Waals surface area contributed by atoms with Crippen molar-refractivity contribution in [1.82, 2.24) is 8.43 Å². The first kappa shape index (κ1) is 26.8. The Labute approximate surface area is 233 Å². The smallest absolute Gasteiger partial charge is 0.208 e. The fourth-order valence-electron chi connectivity index (χ4n) is 4.81. The van der Waals surface area contributed by atoms with Gasteiger partial charge in [-0.05, 0) is 49.2 Å². The first-order chi connectivity index (χ1) is 18.1. The normalized spacial score (nSPS) is 19.1. The zero-order valence-corrected chi connectivity index (χ0v) is 24.1. The summed E-state index contributed by atoms with van der Waals surface area (Å²) in [5.74, 6) is -1.18. The van der Waals surface area contributed by atoms with Crippen LogP contribution in [-0.2, 0) is 20.0 Å². The molecule has 0 aliphatic carbocycles. The fraction of sp³-hybridized carbons (Fsp3) is 0.143. The second-order valence-corrected chi connectivity index (χ2v) is 13.8. The van der Waals surface area contributed by atoms with Crippen LogP contribution in [0.3, 0.4) is 0 Å². The van der Waals surface area contributed by atoms with Crippen LogP contribution in [0.5, 0.6) is 0 Å². The number of benzene rings is 4. The number of hydrogen-bond acceptors (Lipinski definition) is 4. The van der Waals surface area contributed by atoms with Crippen molar-refractivity contribution in [3.63, 3.8) is 0 Å². The molecule has 0 spiro atoms. The van der Waals surface area contributed by atoms with Gasteiger partial charge in [0.15, 0.2) is 0 Å². The standard InChI is InChI=1S/C28H26BBrN2O4S2/c1-21-13-17-25(18-14-21)37(33,34)31-27(23-9-5-3-6-10-23)28(24-11-7-4-8-12-24)32(29(31)30)38(35,36)26-19-15-22(2)16-20-26/h3-20,27-28H,1-2H3. The predicted molar refractivity (Wildman–Crippen MR) is 153 cm³/mol. The lowest BCUT2D eigenvalue weighted by Gasteiger charge is -2.30. The van der Waals surface area contributed by atoms with E-state index in [9.17, 15) is 16.8 Å². The maximum absolute atomic E-state index is 14.2. The fourth-order valence-corrected chi connectivity index (χ4v) is 9.88. The Hall–Kier alpha value is -2.76. The van der Waals surface area contributed by atoms with E-state index >= 15 is 0 Å². The molecule has 0 saturated carbocycles. The molecule has 1 fully saturated rings. The topological polar surface area (TPSA) is 74.8 Å². The Bertz CT molecular complexity index is 1510. The molecule has 1 aliphatic rings. The largest absolute Gasteiger partial charge is 0.420 e. The van der Waals surface area contributed by atoms with E-state index in [-0.39, 0.29) is 9.79 Å². The molecule has 38 heavy (non-hydrogen) atoms. The van der Waals surface area contributed by atoms with Crippen LogP contribution in [0.4, 0.5) is 0 Å². The Kier molecular flexibility index (Phi) is 7.36. The van der Waals surface area contributed by atoms with Gasteiger partial charge in [0, 0.05) is 0 Å². The molecule has 0 amide bonds. The monoisotopic (exact) mass is 608 g/mol. The van der Waals surface area contributed by atoms with Crippen molar-refractivity contribution in [2.45, 2.75) is 35.7 Å². The Morgan fingerprint density at radius 1 is 0.553 bits per heavy atom.